The van der Waals surface area contributed by atoms with Crippen molar-refractivity contribution < 1.29 is 4.74 Å². The van der Waals surface area contributed by atoms with E-state index >= 15 is 0 Å². The minimum absolute atomic E-state index is 0.448. The van der Waals surface area contributed by atoms with Gasteiger partial charge in [0.2, 0.25) is 0 Å². The summed E-state index contributed by atoms with van der Waals surface area (Å²) in [6.07, 6.45) is 2.81. The Balaban J connectivity index is 1.69. The molecular formula is C10H20N2O. The van der Waals surface area contributed by atoms with Gasteiger partial charge in [0.1, 0.15) is 0 Å². The van der Waals surface area contributed by atoms with E-state index in [9.17, 15) is 0 Å². The zero-order chi connectivity index (χ0) is 9.26. The van der Waals surface area contributed by atoms with Crippen LogP contribution in [0.2, 0.25) is 0 Å². The third kappa shape index (κ3) is 2.42. The Morgan fingerprint density at radius 3 is 2.69 bits per heavy atom. The lowest BCUT2D eigenvalue weighted by Crippen LogP contribution is -2.59. The molecule has 0 aromatic heterocycles. The Morgan fingerprint density at radius 1 is 1.31 bits per heavy atom. The quantitative estimate of drug-likeness (QED) is 0.674. The molecule has 3 heteroatoms. The second-order valence-electron chi connectivity index (χ2n) is 4.49. The third-order valence-electron chi connectivity index (χ3n) is 3.02. The fraction of sp³-hybridized carbons (Fsp3) is 1.00. The molecule has 0 aromatic carbocycles. The van der Waals surface area contributed by atoms with Gasteiger partial charge in [-0.3, -0.25) is 0 Å². The molecule has 2 rings (SSSR count). The van der Waals surface area contributed by atoms with Crippen LogP contribution in [-0.4, -0.2) is 49.8 Å². The molecule has 0 spiro atoms. The first-order chi connectivity index (χ1) is 6.24. The average molecular weight is 184 g/mol. The predicted molar refractivity (Wildman–Crippen MR) is 52.9 cm³/mol. The van der Waals surface area contributed by atoms with Crippen LogP contribution in [0.1, 0.15) is 19.8 Å². The lowest BCUT2D eigenvalue weighted by Gasteiger charge is -2.40. The van der Waals surface area contributed by atoms with Crippen molar-refractivity contribution in [1.29, 1.82) is 0 Å². The van der Waals surface area contributed by atoms with Crippen molar-refractivity contribution in [3.05, 3.63) is 0 Å². The number of nitrogens with one attached hydrogen (secondary N) is 1. The van der Waals surface area contributed by atoms with Crippen LogP contribution in [0, 0.1) is 0 Å². The number of hydrogen-bond donors (Lipinski definition) is 1. The molecule has 0 bridgehead atoms. The topological polar surface area (TPSA) is 24.5 Å². The second kappa shape index (κ2) is 3.95. The highest BCUT2D eigenvalue weighted by Crippen LogP contribution is 2.15. The van der Waals surface area contributed by atoms with E-state index in [2.05, 4.69) is 24.2 Å². The van der Waals surface area contributed by atoms with Crippen LogP contribution in [0.3, 0.4) is 0 Å². The highest BCUT2D eigenvalue weighted by molar-refractivity contribution is 4.87. The first-order valence-corrected chi connectivity index (χ1v) is 5.30. The van der Waals surface area contributed by atoms with Gasteiger partial charge in [0.05, 0.1) is 6.10 Å². The van der Waals surface area contributed by atoms with E-state index in [1.54, 1.807) is 0 Å². The number of likely N-dealkylation sites (tertiary alicyclic amines) is 1. The molecule has 76 valence electrons. The van der Waals surface area contributed by atoms with Gasteiger partial charge in [0, 0.05) is 31.8 Å². The highest BCUT2D eigenvalue weighted by atomic mass is 16.5. The first-order valence-electron chi connectivity index (χ1n) is 5.30. The van der Waals surface area contributed by atoms with Crippen molar-refractivity contribution in [1.82, 2.24) is 10.2 Å². The van der Waals surface area contributed by atoms with E-state index < -0.39 is 0 Å². The summed E-state index contributed by atoms with van der Waals surface area (Å²) in [6, 6.07) is 1.43. The molecule has 0 aromatic rings. The maximum atomic E-state index is 5.51. The molecule has 2 aliphatic rings. The number of ether oxygens (including phenoxy) is 1. The Labute approximate surface area is 80.4 Å². The van der Waals surface area contributed by atoms with Gasteiger partial charge in [-0.25, -0.2) is 0 Å². The molecule has 0 saturated carbocycles. The lowest BCUT2D eigenvalue weighted by molar-refractivity contribution is 0.00564. The number of nitrogens with zero attached hydrogens (tertiary/aromatic N) is 1. The fourth-order valence-corrected chi connectivity index (χ4v) is 2.29. The van der Waals surface area contributed by atoms with E-state index in [1.807, 2.05) is 0 Å². The van der Waals surface area contributed by atoms with Gasteiger partial charge < -0.3 is 15.0 Å². The SMILES string of the molecule is CC1CC(NC2CN(C)C2)CCO1. The molecule has 0 radical (unpaired) electrons. The molecule has 13 heavy (non-hydrogen) atoms. The minimum atomic E-state index is 0.448. The van der Waals surface area contributed by atoms with E-state index in [0.29, 0.717) is 12.1 Å². The third-order valence-corrected chi connectivity index (χ3v) is 3.02. The predicted octanol–water partition coefficient (Wildman–Crippen LogP) is 0.457. The van der Waals surface area contributed by atoms with Crippen molar-refractivity contribution in [3.8, 4) is 0 Å². The summed E-state index contributed by atoms with van der Waals surface area (Å²) in [6.45, 7) is 5.53. The Kier molecular flexibility index (Phi) is 2.86. The van der Waals surface area contributed by atoms with Crippen molar-refractivity contribution in [2.45, 2.75) is 38.0 Å². The van der Waals surface area contributed by atoms with Gasteiger partial charge in [-0.2, -0.15) is 0 Å². The van der Waals surface area contributed by atoms with Crippen molar-refractivity contribution in [2.24, 2.45) is 0 Å². The van der Waals surface area contributed by atoms with Crippen LogP contribution in [0.4, 0.5) is 0 Å². The molecule has 2 atom stereocenters. The summed E-state index contributed by atoms with van der Waals surface area (Å²) in [5, 5.41) is 3.69. The van der Waals surface area contributed by atoms with Gasteiger partial charge >= 0.3 is 0 Å². The van der Waals surface area contributed by atoms with Crippen LogP contribution < -0.4 is 5.32 Å². The number of hydrogen-bond acceptors (Lipinski definition) is 3. The van der Waals surface area contributed by atoms with Crippen LogP contribution in [-0.2, 0) is 4.74 Å². The number of rotatable bonds is 2. The maximum absolute atomic E-state index is 5.51. The minimum Gasteiger partial charge on any atom is -0.378 e. The van der Waals surface area contributed by atoms with Gasteiger partial charge in [-0.05, 0) is 26.8 Å². The Morgan fingerprint density at radius 2 is 2.08 bits per heavy atom. The van der Waals surface area contributed by atoms with Gasteiger partial charge in [0.15, 0.2) is 0 Å². The van der Waals surface area contributed by atoms with Crippen LogP contribution >= 0.6 is 0 Å². The first kappa shape index (κ1) is 9.44. The monoisotopic (exact) mass is 184 g/mol. The average Bonchev–Trinajstić information content (AvgIpc) is 2.01. The molecule has 2 unspecified atom stereocenters. The zero-order valence-electron chi connectivity index (χ0n) is 8.62. The molecule has 0 aliphatic carbocycles. The van der Waals surface area contributed by atoms with E-state index in [-0.39, 0.29) is 0 Å². The maximum Gasteiger partial charge on any atom is 0.0561 e. The summed E-state index contributed by atoms with van der Waals surface area (Å²) in [5.41, 5.74) is 0. The molecule has 3 nitrogen and oxygen atoms in total. The largest absolute Gasteiger partial charge is 0.378 e. The Hall–Kier alpha value is -0.120. The van der Waals surface area contributed by atoms with Gasteiger partial charge in [-0.15, -0.1) is 0 Å². The second-order valence-corrected chi connectivity index (χ2v) is 4.49. The van der Waals surface area contributed by atoms with Crippen LogP contribution in [0.25, 0.3) is 0 Å². The molecule has 2 heterocycles. The van der Waals surface area contributed by atoms with E-state index in [4.69, 9.17) is 4.74 Å². The van der Waals surface area contributed by atoms with E-state index in [0.717, 1.165) is 12.6 Å². The number of likely N-dealkylation sites (N-methyl/N-ethyl adjacent to an activating group) is 1. The van der Waals surface area contributed by atoms with Crippen molar-refractivity contribution in [3.63, 3.8) is 0 Å². The smallest absolute Gasteiger partial charge is 0.0561 e. The summed E-state index contributed by atoms with van der Waals surface area (Å²) < 4.78 is 5.51. The standard InChI is InChI=1S/C10H20N2O/c1-8-5-9(3-4-13-8)11-10-6-12(2)7-10/h8-11H,3-7H2,1-2H3. The Bertz CT molecular complexity index is 168. The van der Waals surface area contributed by atoms with Crippen LogP contribution in [0.15, 0.2) is 0 Å². The fourth-order valence-electron chi connectivity index (χ4n) is 2.29. The van der Waals surface area contributed by atoms with Gasteiger partial charge in [0.25, 0.3) is 0 Å². The van der Waals surface area contributed by atoms with Crippen molar-refractivity contribution in [2.75, 3.05) is 26.7 Å². The summed E-state index contributed by atoms with van der Waals surface area (Å²) in [4.78, 5) is 2.35. The molecule has 2 fully saturated rings. The van der Waals surface area contributed by atoms with Crippen molar-refractivity contribution >= 4 is 0 Å². The highest BCUT2D eigenvalue weighted by Gasteiger charge is 2.27. The van der Waals surface area contributed by atoms with Gasteiger partial charge in [-0.1, -0.05) is 0 Å². The normalized spacial score (nSPS) is 37.4. The zero-order valence-corrected chi connectivity index (χ0v) is 8.62. The summed E-state index contributed by atoms with van der Waals surface area (Å²) >= 11 is 0. The molecule has 1 N–H and O–H groups in total. The summed E-state index contributed by atoms with van der Waals surface area (Å²) in [5.74, 6) is 0. The lowest BCUT2D eigenvalue weighted by atomic mass is 10.0. The molecule has 2 saturated heterocycles. The van der Waals surface area contributed by atoms with Crippen LogP contribution in [0.5, 0.6) is 0 Å². The molecule has 0 amide bonds. The molecule has 2 aliphatic heterocycles. The van der Waals surface area contributed by atoms with E-state index in [1.165, 1.54) is 25.9 Å². The molecular weight excluding hydrogens is 164 g/mol. The summed E-state index contributed by atoms with van der Waals surface area (Å²) in [7, 11) is 2.17.